The van der Waals surface area contributed by atoms with Crippen LogP contribution in [0.4, 0.5) is 0 Å². The third kappa shape index (κ3) is 2.29. The molecule has 0 atom stereocenters. The van der Waals surface area contributed by atoms with Crippen molar-refractivity contribution >= 4 is 33.7 Å². The van der Waals surface area contributed by atoms with Crippen LogP contribution in [0.15, 0.2) is 18.2 Å². The molecule has 0 spiro atoms. The summed E-state index contributed by atoms with van der Waals surface area (Å²) in [6.45, 7) is 1.69. The average molecular weight is 217 g/mol. The Morgan fingerprint density at radius 3 is 2.15 bits per heavy atom. The van der Waals surface area contributed by atoms with E-state index in [-0.39, 0.29) is 0 Å². The maximum Gasteiger partial charge on any atom is 0.252 e. The summed E-state index contributed by atoms with van der Waals surface area (Å²) < 4.78 is 0. The Morgan fingerprint density at radius 1 is 1.15 bits per heavy atom. The Kier molecular flexibility index (Phi) is 3.07. The van der Waals surface area contributed by atoms with E-state index in [1.54, 1.807) is 6.92 Å². The molecule has 0 fully saturated rings. The summed E-state index contributed by atoms with van der Waals surface area (Å²) in [6.07, 6.45) is 0. The first-order valence-corrected chi connectivity index (χ1v) is 4.28. The van der Waals surface area contributed by atoms with Gasteiger partial charge in [0.2, 0.25) is 0 Å². The van der Waals surface area contributed by atoms with E-state index in [1.165, 1.54) is 18.2 Å². The third-order valence-electron chi connectivity index (χ3n) is 1.67. The van der Waals surface area contributed by atoms with Gasteiger partial charge in [0.1, 0.15) is 0 Å². The molecule has 13 heavy (non-hydrogen) atoms. The van der Waals surface area contributed by atoms with Crippen LogP contribution in [0.3, 0.4) is 0 Å². The Balaban J connectivity index is 3.20. The number of hydrogen-bond acceptors (Lipinski definition) is 2. The predicted molar refractivity (Wildman–Crippen MR) is 51.5 cm³/mol. The molecule has 0 aromatic heterocycles. The van der Waals surface area contributed by atoms with E-state index < -0.39 is 10.5 Å². The van der Waals surface area contributed by atoms with E-state index in [0.29, 0.717) is 16.7 Å². The van der Waals surface area contributed by atoms with Crippen LogP contribution in [0.2, 0.25) is 0 Å². The van der Waals surface area contributed by atoms with Gasteiger partial charge in [-0.2, -0.15) is 0 Å². The second kappa shape index (κ2) is 3.90. The topological polar surface area (TPSA) is 34.1 Å². The smallest absolute Gasteiger partial charge is 0.252 e. The van der Waals surface area contributed by atoms with Gasteiger partial charge in [0, 0.05) is 11.1 Å². The Morgan fingerprint density at radius 2 is 1.77 bits per heavy atom. The molecule has 0 unspecified atom stereocenters. The molecule has 0 bridgehead atoms. The molecule has 0 aliphatic heterocycles. The first-order valence-electron chi connectivity index (χ1n) is 3.52. The fourth-order valence-corrected chi connectivity index (χ4v) is 1.34. The molecular weight excluding hydrogens is 211 g/mol. The average Bonchev–Trinajstić information content (AvgIpc) is 2.03. The predicted octanol–water partition coefficient (Wildman–Crippen LogP) is 2.75. The molecule has 0 amide bonds. The summed E-state index contributed by atoms with van der Waals surface area (Å²) in [6, 6.07) is 4.49. The number of halogens is 2. The number of benzene rings is 1. The van der Waals surface area contributed by atoms with Gasteiger partial charge in [-0.3, -0.25) is 9.59 Å². The zero-order valence-electron chi connectivity index (χ0n) is 6.80. The summed E-state index contributed by atoms with van der Waals surface area (Å²) in [5.41, 5.74) is 1.40. The minimum atomic E-state index is -0.545. The normalized spacial score (nSPS) is 9.77. The van der Waals surface area contributed by atoms with Crippen LogP contribution in [0.1, 0.15) is 26.3 Å². The molecule has 1 rings (SSSR count). The van der Waals surface area contributed by atoms with Crippen molar-refractivity contribution in [3.8, 4) is 0 Å². The summed E-state index contributed by atoms with van der Waals surface area (Å²) in [7, 11) is 0. The number of carbonyl (C=O) groups excluding carboxylic acids is 2. The highest BCUT2D eigenvalue weighted by Gasteiger charge is 2.08. The van der Waals surface area contributed by atoms with E-state index in [0.717, 1.165) is 0 Å². The second-order valence-corrected chi connectivity index (χ2v) is 3.26. The lowest BCUT2D eigenvalue weighted by Crippen LogP contribution is -1.96. The second-order valence-electron chi connectivity index (χ2n) is 2.58. The molecule has 0 radical (unpaired) electrons. The van der Waals surface area contributed by atoms with Crippen LogP contribution in [-0.4, -0.2) is 10.5 Å². The number of aryl methyl sites for hydroxylation is 1. The Labute approximate surface area is 85.5 Å². The Hall–Kier alpha value is -0.860. The lowest BCUT2D eigenvalue weighted by molar-refractivity contribution is 0.107. The Bertz CT molecular complexity index is 372. The standard InChI is InChI=1S/C9H6Cl2O2/c1-5-4-6(8(10)12)2-3-7(5)9(11)13/h2-4H,1H3. The highest BCUT2D eigenvalue weighted by atomic mass is 35.5. The summed E-state index contributed by atoms with van der Waals surface area (Å²) in [5, 5.41) is -1.08. The molecule has 0 saturated carbocycles. The molecule has 1 aromatic carbocycles. The maximum absolute atomic E-state index is 10.8. The zero-order valence-corrected chi connectivity index (χ0v) is 8.32. The molecule has 0 heterocycles. The van der Waals surface area contributed by atoms with Crippen molar-refractivity contribution in [2.75, 3.05) is 0 Å². The maximum atomic E-state index is 10.8. The van der Waals surface area contributed by atoms with Gasteiger partial charge in [-0.15, -0.1) is 0 Å². The highest BCUT2D eigenvalue weighted by molar-refractivity contribution is 6.68. The van der Waals surface area contributed by atoms with Crippen LogP contribution < -0.4 is 0 Å². The quantitative estimate of drug-likeness (QED) is 0.713. The van der Waals surface area contributed by atoms with Gasteiger partial charge in [0.05, 0.1) is 0 Å². The van der Waals surface area contributed by atoms with Crippen molar-refractivity contribution in [2.45, 2.75) is 6.92 Å². The third-order valence-corrected chi connectivity index (χ3v) is 2.09. The molecule has 2 nitrogen and oxygen atoms in total. The first kappa shape index (κ1) is 10.2. The van der Waals surface area contributed by atoms with Crippen LogP contribution in [0, 0.1) is 6.92 Å². The summed E-state index contributed by atoms with van der Waals surface area (Å²) in [4.78, 5) is 21.5. The summed E-state index contributed by atoms with van der Waals surface area (Å²) in [5.74, 6) is 0. The lowest BCUT2D eigenvalue weighted by Gasteiger charge is -2.01. The molecule has 1 aromatic rings. The van der Waals surface area contributed by atoms with Crippen molar-refractivity contribution in [1.29, 1.82) is 0 Å². The molecule has 0 aliphatic carbocycles. The van der Waals surface area contributed by atoms with Gasteiger partial charge in [0.15, 0.2) is 0 Å². The van der Waals surface area contributed by atoms with E-state index in [2.05, 4.69) is 0 Å². The minimum absolute atomic E-state index is 0.362. The minimum Gasteiger partial charge on any atom is -0.276 e. The molecule has 0 aliphatic rings. The molecule has 0 saturated heterocycles. The van der Waals surface area contributed by atoms with Crippen molar-refractivity contribution in [3.05, 3.63) is 34.9 Å². The van der Waals surface area contributed by atoms with Crippen LogP contribution in [0.25, 0.3) is 0 Å². The van der Waals surface area contributed by atoms with Crippen molar-refractivity contribution in [1.82, 2.24) is 0 Å². The number of hydrogen-bond donors (Lipinski definition) is 0. The fraction of sp³-hybridized carbons (Fsp3) is 0.111. The summed E-state index contributed by atoms with van der Waals surface area (Å²) >= 11 is 10.5. The molecule has 0 N–H and O–H groups in total. The molecule has 4 heteroatoms. The van der Waals surface area contributed by atoms with Crippen molar-refractivity contribution in [2.24, 2.45) is 0 Å². The van der Waals surface area contributed by atoms with Gasteiger partial charge in [-0.1, -0.05) is 0 Å². The molecule has 68 valence electrons. The van der Waals surface area contributed by atoms with Crippen molar-refractivity contribution < 1.29 is 9.59 Å². The van der Waals surface area contributed by atoms with Crippen LogP contribution >= 0.6 is 23.2 Å². The zero-order chi connectivity index (χ0) is 10.0. The van der Waals surface area contributed by atoms with Gasteiger partial charge in [-0.05, 0) is 53.9 Å². The van der Waals surface area contributed by atoms with Gasteiger partial charge in [-0.25, -0.2) is 0 Å². The van der Waals surface area contributed by atoms with E-state index in [1.807, 2.05) is 0 Å². The number of carbonyl (C=O) groups is 2. The largest absolute Gasteiger partial charge is 0.276 e. The van der Waals surface area contributed by atoms with E-state index >= 15 is 0 Å². The van der Waals surface area contributed by atoms with Gasteiger partial charge >= 0.3 is 0 Å². The van der Waals surface area contributed by atoms with Crippen LogP contribution in [0.5, 0.6) is 0 Å². The van der Waals surface area contributed by atoms with Gasteiger partial charge in [0.25, 0.3) is 10.5 Å². The van der Waals surface area contributed by atoms with E-state index in [9.17, 15) is 9.59 Å². The lowest BCUT2D eigenvalue weighted by atomic mass is 10.1. The fourth-order valence-electron chi connectivity index (χ4n) is 1.01. The SMILES string of the molecule is Cc1cc(C(=O)Cl)ccc1C(=O)Cl. The highest BCUT2D eigenvalue weighted by Crippen LogP contribution is 2.14. The first-order chi connectivity index (χ1) is 6.02. The van der Waals surface area contributed by atoms with Crippen LogP contribution in [-0.2, 0) is 0 Å². The molecular formula is C9H6Cl2O2. The van der Waals surface area contributed by atoms with Gasteiger partial charge < -0.3 is 0 Å². The van der Waals surface area contributed by atoms with E-state index in [4.69, 9.17) is 23.2 Å². The van der Waals surface area contributed by atoms with Crippen molar-refractivity contribution in [3.63, 3.8) is 0 Å². The number of rotatable bonds is 2. The monoisotopic (exact) mass is 216 g/mol.